The number of carbonyl (C=O) groups is 1. The van der Waals surface area contributed by atoms with E-state index >= 15 is 0 Å². The molecule has 2 rings (SSSR count). The van der Waals surface area contributed by atoms with Gasteiger partial charge in [-0.1, -0.05) is 0 Å². The zero-order valence-corrected chi connectivity index (χ0v) is 11.3. The molecule has 0 aliphatic heterocycles. The Hall–Kier alpha value is -2.56. The quantitative estimate of drug-likeness (QED) is 0.818. The van der Waals surface area contributed by atoms with Crippen molar-refractivity contribution < 1.29 is 9.53 Å². The van der Waals surface area contributed by atoms with Gasteiger partial charge < -0.3 is 15.8 Å². The van der Waals surface area contributed by atoms with E-state index in [9.17, 15) is 4.79 Å². The lowest BCUT2D eigenvalue weighted by Gasteiger charge is -2.07. The Morgan fingerprint density at radius 3 is 2.75 bits per heavy atom. The molecule has 104 valence electrons. The number of nitrogens with one attached hydrogen (secondary N) is 1. The van der Waals surface area contributed by atoms with Crippen molar-refractivity contribution >= 4 is 17.3 Å². The summed E-state index contributed by atoms with van der Waals surface area (Å²) in [5, 5.41) is 2.80. The van der Waals surface area contributed by atoms with Crippen molar-refractivity contribution in [3.8, 4) is 5.75 Å². The zero-order valence-electron chi connectivity index (χ0n) is 11.3. The van der Waals surface area contributed by atoms with E-state index in [1.165, 1.54) is 0 Å². The highest BCUT2D eigenvalue weighted by molar-refractivity contribution is 5.90. The number of pyridine rings is 1. The summed E-state index contributed by atoms with van der Waals surface area (Å²) in [6, 6.07) is 10.6. The molecule has 0 bridgehead atoms. The van der Waals surface area contributed by atoms with Crippen LogP contribution < -0.4 is 15.8 Å². The van der Waals surface area contributed by atoms with Gasteiger partial charge in [-0.15, -0.1) is 0 Å². The fraction of sp³-hybridized carbons (Fsp3) is 0.200. The predicted octanol–water partition coefficient (Wildman–Crippen LogP) is 2.38. The van der Waals surface area contributed by atoms with Crippen LogP contribution in [-0.4, -0.2) is 17.5 Å². The van der Waals surface area contributed by atoms with Gasteiger partial charge in [-0.05, 0) is 43.3 Å². The number of aromatic nitrogens is 1. The maximum atomic E-state index is 11.7. The first-order chi connectivity index (χ1) is 9.63. The highest BCUT2D eigenvalue weighted by Crippen LogP contribution is 2.13. The second-order valence-corrected chi connectivity index (χ2v) is 4.40. The molecule has 5 nitrogen and oxygen atoms in total. The van der Waals surface area contributed by atoms with Crippen molar-refractivity contribution in [2.75, 3.05) is 17.7 Å². The molecule has 0 saturated heterocycles. The molecule has 0 radical (unpaired) electrons. The Morgan fingerprint density at radius 2 is 2.05 bits per heavy atom. The number of anilines is 2. The lowest BCUT2D eigenvalue weighted by atomic mass is 10.3. The summed E-state index contributed by atoms with van der Waals surface area (Å²) in [5.74, 6) is 0.609. The number of amides is 1. The fourth-order valence-electron chi connectivity index (χ4n) is 1.67. The number of nitrogens with zero attached hydrogens (tertiary/aromatic N) is 1. The third kappa shape index (κ3) is 4.28. The maximum Gasteiger partial charge on any atom is 0.227 e. The van der Waals surface area contributed by atoms with Gasteiger partial charge in [0, 0.05) is 23.3 Å². The monoisotopic (exact) mass is 271 g/mol. The maximum absolute atomic E-state index is 11.7. The summed E-state index contributed by atoms with van der Waals surface area (Å²) in [7, 11) is 0. The van der Waals surface area contributed by atoms with Crippen LogP contribution in [0.25, 0.3) is 0 Å². The van der Waals surface area contributed by atoms with Crippen LogP contribution in [0, 0.1) is 6.92 Å². The van der Waals surface area contributed by atoms with Gasteiger partial charge in [0.25, 0.3) is 0 Å². The second-order valence-electron chi connectivity index (χ2n) is 4.40. The Bertz CT molecular complexity index is 582. The largest absolute Gasteiger partial charge is 0.493 e. The standard InChI is InChI=1S/C15H17N3O2/c1-11-10-13(6-8-17-11)18-15(19)7-9-20-14-4-2-12(16)3-5-14/h2-6,8,10H,7,9,16H2,1H3,(H,17,18,19). The van der Waals surface area contributed by atoms with Crippen LogP contribution >= 0.6 is 0 Å². The van der Waals surface area contributed by atoms with Crippen LogP contribution in [0.5, 0.6) is 5.75 Å². The van der Waals surface area contributed by atoms with Gasteiger partial charge in [0.1, 0.15) is 5.75 Å². The van der Waals surface area contributed by atoms with E-state index in [2.05, 4.69) is 10.3 Å². The lowest BCUT2D eigenvalue weighted by Crippen LogP contribution is -2.15. The molecule has 1 amide bonds. The molecular weight excluding hydrogens is 254 g/mol. The smallest absolute Gasteiger partial charge is 0.227 e. The normalized spacial score (nSPS) is 10.1. The van der Waals surface area contributed by atoms with Crippen molar-refractivity contribution in [1.82, 2.24) is 4.98 Å². The number of benzene rings is 1. The number of hydrogen-bond donors (Lipinski definition) is 2. The minimum atomic E-state index is -0.0916. The fourth-order valence-corrected chi connectivity index (χ4v) is 1.67. The first kappa shape index (κ1) is 13.9. The summed E-state index contributed by atoms with van der Waals surface area (Å²) in [6.07, 6.45) is 1.95. The van der Waals surface area contributed by atoms with Crippen LogP contribution in [0.1, 0.15) is 12.1 Å². The molecule has 0 saturated carbocycles. The first-order valence-electron chi connectivity index (χ1n) is 6.34. The molecule has 1 heterocycles. The van der Waals surface area contributed by atoms with Crippen molar-refractivity contribution in [2.45, 2.75) is 13.3 Å². The Morgan fingerprint density at radius 1 is 1.30 bits per heavy atom. The van der Waals surface area contributed by atoms with E-state index in [0.29, 0.717) is 18.0 Å². The first-order valence-corrected chi connectivity index (χ1v) is 6.34. The molecule has 0 fully saturated rings. The summed E-state index contributed by atoms with van der Waals surface area (Å²) in [5.41, 5.74) is 7.87. The van der Waals surface area contributed by atoms with E-state index in [1.54, 1.807) is 36.5 Å². The molecule has 0 spiro atoms. The second kappa shape index (κ2) is 6.56. The molecular formula is C15H17N3O2. The minimum absolute atomic E-state index is 0.0916. The molecule has 2 aromatic rings. The third-order valence-corrected chi connectivity index (χ3v) is 2.66. The molecule has 0 atom stereocenters. The van der Waals surface area contributed by atoms with Crippen LogP contribution in [0.3, 0.4) is 0 Å². The molecule has 20 heavy (non-hydrogen) atoms. The molecule has 0 unspecified atom stereocenters. The number of hydrogen-bond acceptors (Lipinski definition) is 4. The average Bonchev–Trinajstić information content (AvgIpc) is 2.41. The van der Waals surface area contributed by atoms with Gasteiger partial charge in [0.2, 0.25) is 5.91 Å². The molecule has 0 aliphatic carbocycles. The topological polar surface area (TPSA) is 77.2 Å². The van der Waals surface area contributed by atoms with Crippen molar-refractivity contribution in [1.29, 1.82) is 0 Å². The average molecular weight is 271 g/mol. The predicted molar refractivity (Wildman–Crippen MR) is 78.6 cm³/mol. The highest BCUT2D eigenvalue weighted by atomic mass is 16.5. The number of carbonyl (C=O) groups excluding carboxylic acids is 1. The number of ether oxygens (including phenoxy) is 1. The van der Waals surface area contributed by atoms with Gasteiger partial charge >= 0.3 is 0 Å². The van der Waals surface area contributed by atoms with E-state index < -0.39 is 0 Å². The Labute approximate surface area is 117 Å². The Kier molecular flexibility index (Phi) is 4.55. The van der Waals surface area contributed by atoms with Crippen molar-refractivity contribution in [3.05, 3.63) is 48.3 Å². The number of rotatable bonds is 5. The number of nitrogen functional groups attached to an aromatic ring is 1. The van der Waals surface area contributed by atoms with E-state index in [4.69, 9.17) is 10.5 Å². The van der Waals surface area contributed by atoms with Crippen molar-refractivity contribution in [3.63, 3.8) is 0 Å². The van der Waals surface area contributed by atoms with Gasteiger partial charge in [-0.3, -0.25) is 9.78 Å². The van der Waals surface area contributed by atoms with E-state index in [1.807, 2.05) is 13.0 Å². The van der Waals surface area contributed by atoms with Gasteiger partial charge in [0.05, 0.1) is 13.0 Å². The third-order valence-electron chi connectivity index (χ3n) is 2.66. The number of aryl methyl sites for hydroxylation is 1. The van der Waals surface area contributed by atoms with Crippen LogP contribution in [0.2, 0.25) is 0 Å². The molecule has 1 aromatic carbocycles. The molecule has 0 aliphatic rings. The Balaban J connectivity index is 1.76. The number of nitrogens with two attached hydrogens (primary N) is 1. The molecule has 5 heteroatoms. The summed E-state index contributed by atoms with van der Waals surface area (Å²) in [6.45, 7) is 2.19. The van der Waals surface area contributed by atoms with Crippen LogP contribution in [0.4, 0.5) is 11.4 Å². The van der Waals surface area contributed by atoms with Crippen molar-refractivity contribution in [2.24, 2.45) is 0 Å². The van der Waals surface area contributed by atoms with Crippen LogP contribution in [-0.2, 0) is 4.79 Å². The van der Waals surface area contributed by atoms with Crippen LogP contribution in [0.15, 0.2) is 42.6 Å². The van der Waals surface area contributed by atoms with Gasteiger partial charge in [0.15, 0.2) is 0 Å². The lowest BCUT2D eigenvalue weighted by molar-refractivity contribution is -0.116. The summed E-state index contributed by atoms with van der Waals surface area (Å²) < 4.78 is 5.46. The summed E-state index contributed by atoms with van der Waals surface area (Å²) in [4.78, 5) is 15.8. The van der Waals surface area contributed by atoms with Gasteiger partial charge in [-0.25, -0.2) is 0 Å². The van der Waals surface area contributed by atoms with E-state index in [0.717, 1.165) is 11.4 Å². The van der Waals surface area contributed by atoms with E-state index in [-0.39, 0.29) is 12.3 Å². The SMILES string of the molecule is Cc1cc(NC(=O)CCOc2ccc(N)cc2)ccn1. The molecule has 1 aromatic heterocycles. The molecule has 3 N–H and O–H groups in total. The summed E-state index contributed by atoms with van der Waals surface area (Å²) >= 11 is 0. The zero-order chi connectivity index (χ0) is 14.4. The minimum Gasteiger partial charge on any atom is -0.493 e. The van der Waals surface area contributed by atoms with Gasteiger partial charge in [-0.2, -0.15) is 0 Å². The highest BCUT2D eigenvalue weighted by Gasteiger charge is 2.03.